The van der Waals surface area contributed by atoms with E-state index in [1.54, 1.807) is 11.1 Å². The van der Waals surface area contributed by atoms with Gasteiger partial charge in [0.15, 0.2) is 0 Å². The van der Waals surface area contributed by atoms with Crippen LogP contribution < -0.4 is 0 Å². The van der Waals surface area contributed by atoms with Gasteiger partial charge in [-0.05, 0) is 71.2 Å². The number of benzene rings is 3. The fraction of sp³-hybridized carbons (Fsp3) is 0.238. The highest BCUT2D eigenvalue weighted by molar-refractivity contribution is 6.01. The topological polar surface area (TPSA) is 0 Å². The normalized spacial score (nSPS) is 14.1. The van der Waals surface area contributed by atoms with E-state index in [2.05, 4.69) is 61.5 Å². The molecular formula is C21H20. The largest absolute Gasteiger partial charge is 0.0622 e. The summed E-state index contributed by atoms with van der Waals surface area (Å²) in [6.07, 6.45) is 5.15. The Morgan fingerprint density at radius 2 is 1.29 bits per heavy atom. The molecule has 0 nitrogen and oxygen atoms in total. The van der Waals surface area contributed by atoms with Gasteiger partial charge in [0, 0.05) is 0 Å². The molecule has 0 unspecified atom stereocenters. The molecule has 1 aliphatic rings. The fourth-order valence-corrected chi connectivity index (χ4v) is 3.91. The van der Waals surface area contributed by atoms with Crippen LogP contribution in [0.5, 0.6) is 0 Å². The average Bonchev–Trinajstić information content (AvgIpc) is 2.56. The summed E-state index contributed by atoms with van der Waals surface area (Å²) in [5.41, 5.74) is 7.49. The van der Waals surface area contributed by atoms with E-state index in [1.807, 2.05) is 0 Å². The molecule has 104 valence electrons. The van der Waals surface area contributed by atoms with Gasteiger partial charge in [0.2, 0.25) is 0 Å². The van der Waals surface area contributed by atoms with Gasteiger partial charge >= 0.3 is 0 Å². The Balaban J connectivity index is 2.13. The summed E-state index contributed by atoms with van der Waals surface area (Å²) < 4.78 is 0. The monoisotopic (exact) mass is 272 g/mol. The molecule has 0 heteroatoms. The molecule has 0 saturated carbocycles. The Morgan fingerprint density at radius 1 is 0.667 bits per heavy atom. The van der Waals surface area contributed by atoms with Crippen LogP contribution in [0.15, 0.2) is 54.6 Å². The summed E-state index contributed by atoms with van der Waals surface area (Å²) in [6.45, 7) is 2.32. The third kappa shape index (κ3) is 1.98. The highest BCUT2D eigenvalue weighted by Gasteiger charge is 2.19. The van der Waals surface area contributed by atoms with E-state index in [4.69, 9.17) is 0 Å². The summed E-state index contributed by atoms with van der Waals surface area (Å²) in [5, 5.41) is 2.89. The lowest BCUT2D eigenvalue weighted by atomic mass is 9.80. The average molecular weight is 272 g/mol. The number of hydrogen-bond acceptors (Lipinski definition) is 0. The van der Waals surface area contributed by atoms with Crippen LogP contribution in [0.1, 0.15) is 29.5 Å². The van der Waals surface area contributed by atoms with Crippen molar-refractivity contribution in [3.8, 4) is 11.1 Å². The molecule has 0 fully saturated rings. The Hall–Kier alpha value is -2.08. The lowest BCUT2D eigenvalue weighted by molar-refractivity contribution is 0.687. The van der Waals surface area contributed by atoms with Crippen LogP contribution in [0.4, 0.5) is 0 Å². The van der Waals surface area contributed by atoms with Crippen LogP contribution in [0.25, 0.3) is 21.9 Å². The SMILES string of the molecule is Cc1c2c(c3ccccc3c1-c1ccccc1)CCCC2. The molecule has 3 aromatic rings. The number of hydrogen-bond donors (Lipinski definition) is 0. The van der Waals surface area contributed by atoms with E-state index in [0.717, 1.165) is 0 Å². The minimum atomic E-state index is 1.24. The van der Waals surface area contributed by atoms with Gasteiger partial charge in [0.25, 0.3) is 0 Å². The maximum Gasteiger partial charge on any atom is -0.00732 e. The van der Waals surface area contributed by atoms with Crippen LogP contribution in [0.3, 0.4) is 0 Å². The molecule has 0 radical (unpaired) electrons. The zero-order chi connectivity index (χ0) is 14.2. The maximum absolute atomic E-state index is 2.32. The van der Waals surface area contributed by atoms with Crippen LogP contribution >= 0.6 is 0 Å². The lowest BCUT2D eigenvalue weighted by Crippen LogP contribution is -2.07. The van der Waals surface area contributed by atoms with Gasteiger partial charge in [-0.1, -0.05) is 54.6 Å². The molecule has 0 atom stereocenters. The predicted molar refractivity (Wildman–Crippen MR) is 90.8 cm³/mol. The fourth-order valence-electron chi connectivity index (χ4n) is 3.91. The molecule has 0 saturated heterocycles. The molecular weight excluding hydrogens is 252 g/mol. The Kier molecular flexibility index (Phi) is 3.03. The number of rotatable bonds is 1. The first kappa shape index (κ1) is 12.6. The van der Waals surface area contributed by atoms with Crippen molar-refractivity contribution in [1.29, 1.82) is 0 Å². The molecule has 0 spiro atoms. The second-order valence-corrected chi connectivity index (χ2v) is 6.08. The van der Waals surface area contributed by atoms with Crippen LogP contribution in [0.2, 0.25) is 0 Å². The van der Waals surface area contributed by atoms with E-state index < -0.39 is 0 Å². The predicted octanol–water partition coefficient (Wildman–Crippen LogP) is 5.69. The molecule has 4 rings (SSSR count). The highest BCUT2D eigenvalue weighted by Crippen LogP contribution is 2.39. The Morgan fingerprint density at radius 3 is 2.05 bits per heavy atom. The standard InChI is InChI=1S/C21H20/c1-15-17-11-5-6-12-18(17)19-13-7-8-14-20(19)21(15)16-9-3-2-4-10-16/h2-4,7-10,13-14H,5-6,11-12H2,1H3. The summed E-state index contributed by atoms with van der Waals surface area (Å²) in [6, 6.07) is 19.8. The zero-order valence-corrected chi connectivity index (χ0v) is 12.5. The molecule has 0 bridgehead atoms. The quantitative estimate of drug-likeness (QED) is 0.533. The summed E-state index contributed by atoms with van der Waals surface area (Å²) in [5.74, 6) is 0. The van der Waals surface area contributed by atoms with Crippen LogP contribution in [-0.2, 0) is 12.8 Å². The van der Waals surface area contributed by atoms with E-state index in [-0.39, 0.29) is 0 Å². The molecule has 1 aliphatic carbocycles. The molecule has 0 heterocycles. The number of fused-ring (bicyclic) bond motifs is 3. The van der Waals surface area contributed by atoms with Crippen molar-refractivity contribution in [2.24, 2.45) is 0 Å². The summed E-state index contributed by atoms with van der Waals surface area (Å²) >= 11 is 0. The molecule has 21 heavy (non-hydrogen) atoms. The van der Waals surface area contributed by atoms with Crippen LogP contribution in [-0.4, -0.2) is 0 Å². The van der Waals surface area contributed by atoms with Crippen LogP contribution in [0, 0.1) is 6.92 Å². The maximum atomic E-state index is 2.32. The van der Waals surface area contributed by atoms with Gasteiger partial charge in [-0.25, -0.2) is 0 Å². The minimum Gasteiger partial charge on any atom is -0.0622 e. The molecule has 0 aromatic heterocycles. The van der Waals surface area contributed by atoms with E-state index in [9.17, 15) is 0 Å². The van der Waals surface area contributed by atoms with Gasteiger partial charge in [-0.3, -0.25) is 0 Å². The van der Waals surface area contributed by atoms with Crippen molar-refractivity contribution >= 4 is 10.8 Å². The third-order valence-electron chi connectivity index (χ3n) is 4.88. The van der Waals surface area contributed by atoms with Crippen molar-refractivity contribution in [3.63, 3.8) is 0 Å². The Labute approximate surface area is 126 Å². The minimum absolute atomic E-state index is 1.24. The second-order valence-electron chi connectivity index (χ2n) is 6.08. The van der Waals surface area contributed by atoms with Crippen molar-refractivity contribution in [2.45, 2.75) is 32.6 Å². The first-order valence-corrected chi connectivity index (χ1v) is 7.95. The first-order chi connectivity index (χ1) is 10.4. The van der Waals surface area contributed by atoms with E-state index in [0.29, 0.717) is 0 Å². The van der Waals surface area contributed by atoms with E-state index in [1.165, 1.54) is 53.1 Å². The third-order valence-corrected chi connectivity index (χ3v) is 4.88. The smallest absolute Gasteiger partial charge is 0.00732 e. The lowest BCUT2D eigenvalue weighted by Gasteiger charge is -2.24. The van der Waals surface area contributed by atoms with Gasteiger partial charge in [-0.15, -0.1) is 0 Å². The molecule has 0 N–H and O–H groups in total. The van der Waals surface area contributed by atoms with Gasteiger partial charge in [-0.2, -0.15) is 0 Å². The first-order valence-electron chi connectivity index (χ1n) is 7.95. The van der Waals surface area contributed by atoms with Gasteiger partial charge in [0.05, 0.1) is 0 Å². The van der Waals surface area contributed by atoms with Gasteiger partial charge < -0.3 is 0 Å². The van der Waals surface area contributed by atoms with Crippen molar-refractivity contribution in [3.05, 3.63) is 71.3 Å². The second kappa shape index (κ2) is 5.04. The Bertz CT molecular complexity index is 797. The van der Waals surface area contributed by atoms with Crippen molar-refractivity contribution in [2.75, 3.05) is 0 Å². The molecule has 3 aromatic carbocycles. The van der Waals surface area contributed by atoms with Crippen molar-refractivity contribution in [1.82, 2.24) is 0 Å². The zero-order valence-electron chi connectivity index (χ0n) is 12.5. The summed E-state index contributed by atoms with van der Waals surface area (Å²) in [7, 11) is 0. The van der Waals surface area contributed by atoms with Gasteiger partial charge in [0.1, 0.15) is 0 Å². The van der Waals surface area contributed by atoms with E-state index >= 15 is 0 Å². The van der Waals surface area contributed by atoms with Crippen molar-refractivity contribution < 1.29 is 0 Å². The highest BCUT2D eigenvalue weighted by atomic mass is 14.2. The molecule has 0 amide bonds. The summed E-state index contributed by atoms with van der Waals surface area (Å²) in [4.78, 5) is 0. The number of aryl methyl sites for hydroxylation is 1. The molecule has 0 aliphatic heterocycles.